The van der Waals surface area contributed by atoms with Crippen LogP contribution in [-0.4, -0.2) is 42.1 Å². The number of rotatable bonds is 2. The Balaban J connectivity index is 1.41. The molecular weight excluding hydrogens is 336 g/mol. The van der Waals surface area contributed by atoms with Crippen LogP contribution in [0.25, 0.3) is 10.9 Å². The number of anilines is 2. The van der Waals surface area contributed by atoms with Crippen LogP contribution in [-0.2, 0) is 0 Å². The summed E-state index contributed by atoms with van der Waals surface area (Å²) in [6, 6.07) is 15.7. The van der Waals surface area contributed by atoms with Gasteiger partial charge in [-0.1, -0.05) is 41.9 Å². The standard InChI is InChI=1S/C19H19ClN4O/c20-15-6-2-4-8-18(15)23-9-11-24(12-10-23)19(25)22-17-13-21-16-7-3-1-5-14(16)17/h1-8,13,21H,9-12H2,(H,22,25). The fraction of sp³-hybridized carbons (Fsp3) is 0.211. The number of nitrogens with one attached hydrogen (secondary N) is 2. The lowest BCUT2D eigenvalue weighted by Gasteiger charge is -2.36. The number of fused-ring (bicyclic) bond motifs is 1. The number of amides is 2. The number of aromatic nitrogens is 1. The average Bonchev–Trinajstić information content (AvgIpc) is 3.05. The molecule has 2 N–H and O–H groups in total. The summed E-state index contributed by atoms with van der Waals surface area (Å²) in [7, 11) is 0. The van der Waals surface area contributed by atoms with Crippen LogP contribution in [0.4, 0.5) is 16.2 Å². The van der Waals surface area contributed by atoms with Crippen molar-refractivity contribution < 1.29 is 4.79 Å². The second-order valence-electron chi connectivity index (χ2n) is 6.10. The molecular formula is C19H19ClN4O. The number of hydrogen-bond acceptors (Lipinski definition) is 2. The largest absolute Gasteiger partial charge is 0.367 e. The lowest BCUT2D eigenvalue weighted by atomic mass is 10.2. The van der Waals surface area contributed by atoms with Crippen LogP contribution < -0.4 is 10.2 Å². The third-order valence-electron chi connectivity index (χ3n) is 4.59. The molecule has 1 fully saturated rings. The first-order valence-electron chi connectivity index (χ1n) is 8.34. The van der Waals surface area contributed by atoms with Gasteiger partial charge < -0.3 is 20.1 Å². The number of nitrogens with zero attached hydrogens (tertiary/aromatic N) is 2. The Kier molecular flexibility index (Phi) is 4.24. The zero-order valence-corrected chi connectivity index (χ0v) is 14.5. The highest BCUT2D eigenvalue weighted by atomic mass is 35.5. The number of carbonyl (C=O) groups excluding carboxylic acids is 1. The molecule has 2 amide bonds. The molecule has 1 aliphatic rings. The van der Waals surface area contributed by atoms with Crippen molar-refractivity contribution in [2.45, 2.75) is 0 Å². The van der Waals surface area contributed by atoms with E-state index in [9.17, 15) is 4.79 Å². The molecule has 0 bridgehead atoms. The van der Waals surface area contributed by atoms with Gasteiger partial charge in [-0.15, -0.1) is 0 Å². The molecule has 1 aromatic heterocycles. The zero-order chi connectivity index (χ0) is 17.2. The molecule has 0 atom stereocenters. The van der Waals surface area contributed by atoms with Crippen molar-refractivity contribution in [3.05, 3.63) is 59.8 Å². The molecule has 0 saturated carbocycles. The van der Waals surface area contributed by atoms with Crippen molar-refractivity contribution in [2.75, 3.05) is 36.4 Å². The first kappa shape index (κ1) is 15.8. The summed E-state index contributed by atoms with van der Waals surface area (Å²) in [4.78, 5) is 19.8. The number of hydrogen-bond donors (Lipinski definition) is 2. The summed E-state index contributed by atoms with van der Waals surface area (Å²) in [5.41, 5.74) is 2.86. The fourth-order valence-electron chi connectivity index (χ4n) is 3.23. The van der Waals surface area contributed by atoms with Crippen LogP contribution in [0.1, 0.15) is 0 Å². The minimum atomic E-state index is -0.0661. The minimum Gasteiger partial charge on any atom is -0.367 e. The Morgan fingerprint density at radius 3 is 2.52 bits per heavy atom. The number of aromatic amines is 1. The van der Waals surface area contributed by atoms with E-state index in [0.29, 0.717) is 13.1 Å². The SMILES string of the molecule is O=C(Nc1c[nH]c2ccccc12)N1CCN(c2ccccc2Cl)CC1. The monoisotopic (exact) mass is 354 g/mol. The molecule has 5 nitrogen and oxygen atoms in total. The summed E-state index contributed by atoms with van der Waals surface area (Å²) >= 11 is 6.27. The maximum absolute atomic E-state index is 12.6. The third-order valence-corrected chi connectivity index (χ3v) is 4.91. The quantitative estimate of drug-likeness (QED) is 0.725. The van der Waals surface area contributed by atoms with Crippen molar-refractivity contribution in [3.63, 3.8) is 0 Å². The average molecular weight is 355 g/mol. The molecule has 1 saturated heterocycles. The zero-order valence-electron chi connectivity index (χ0n) is 13.7. The van der Waals surface area contributed by atoms with Gasteiger partial charge in [0.15, 0.2) is 0 Å². The lowest BCUT2D eigenvalue weighted by Crippen LogP contribution is -2.50. The molecule has 2 heterocycles. The molecule has 0 spiro atoms. The van der Waals surface area contributed by atoms with Gasteiger partial charge in [-0.05, 0) is 18.2 Å². The van der Waals surface area contributed by atoms with E-state index in [-0.39, 0.29) is 6.03 Å². The Hall–Kier alpha value is -2.66. The van der Waals surface area contributed by atoms with Crippen molar-refractivity contribution >= 4 is 39.9 Å². The van der Waals surface area contributed by atoms with Crippen molar-refractivity contribution in [1.29, 1.82) is 0 Å². The fourth-order valence-corrected chi connectivity index (χ4v) is 3.48. The van der Waals surface area contributed by atoms with E-state index in [1.165, 1.54) is 0 Å². The second-order valence-corrected chi connectivity index (χ2v) is 6.51. The smallest absolute Gasteiger partial charge is 0.322 e. The van der Waals surface area contributed by atoms with Gasteiger partial charge in [-0.3, -0.25) is 0 Å². The molecule has 2 aromatic carbocycles. The molecule has 3 aromatic rings. The number of urea groups is 1. The van der Waals surface area contributed by atoms with Crippen LogP contribution in [0.3, 0.4) is 0 Å². The molecule has 0 aliphatic carbocycles. The highest BCUT2D eigenvalue weighted by Gasteiger charge is 2.22. The normalized spacial score (nSPS) is 14.8. The van der Waals surface area contributed by atoms with Crippen molar-refractivity contribution in [1.82, 2.24) is 9.88 Å². The number of piperazine rings is 1. The van der Waals surface area contributed by atoms with Gasteiger partial charge in [-0.2, -0.15) is 0 Å². The number of H-pyrrole nitrogens is 1. The third kappa shape index (κ3) is 3.15. The highest BCUT2D eigenvalue weighted by molar-refractivity contribution is 6.33. The van der Waals surface area contributed by atoms with E-state index in [1.807, 2.05) is 59.6 Å². The Morgan fingerprint density at radius 2 is 1.72 bits per heavy atom. The van der Waals surface area contributed by atoms with E-state index in [0.717, 1.165) is 40.4 Å². The van der Waals surface area contributed by atoms with Gasteiger partial charge >= 0.3 is 6.03 Å². The van der Waals surface area contributed by atoms with E-state index in [1.54, 1.807) is 0 Å². The van der Waals surface area contributed by atoms with Gasteiger partial charge in [0.1, 0.15) is 0 Å². The minimum absolute atomic E-state index is 0.0661. The van der Waals surface area contributed by atoms with Gasteiger partial charge in [0.2, 0.25) is 0 Å². The lowest BCUT2D eigenvalue weighted by molar-refractivity contribution is 0.208. The number of benzene rings is 2. The predicted molar refractivity (Wildman–Crippen MR) is 103 cm³/mol. The van der Waals surface area contributed by atoms with Gasteiger partial charge in [-0.25, -0.2) is 4.79 Å². The van der Waals surface area contributed by atoms with Crippen LogP contribution in [0.15, 0.2) is 54.7 Å². The molecule has 0 unspecified atom stereocenters. The molecule has 0 radical (unpaired) electrons. The van der Waals surface area contributed by atoms with E-state index in [4.69, 9.17) is 11.6 Å². The molecule has 1 aliphatic heterocycles. The first-order valence-corrected chi connectivity index (χ1v) is 8.72. The first-order chi connectivity index (χ1) is 12.2. The Bertz CT molecular complexity index is 899. The summed E-state index contributed by atoms with van der Waals surface area (Å²) in [6.07, 6.45) is 1.84. The molecule has 6 heteroatoms. The van der Waals surface area contributed by atoms with Crippen LogP contribution >= 0.6 is 11.6 Å². The van der Waals surface area contributed by atoms with Crippen molar-refractivity contribution in [2.24, 2.45) is 0 Å². The molecule has 25 heavy (non-hydrogen) atoms. The number of halogens is 1. The van der Waals surface area contributed by atoms with Gasteiger partial charge in [0.25, 0.3) is 0 Å². The molecule has 4 rings (SSSR count). The van der Waals surface area contributed by atoms with Crippen LogP contribution in [0, 0.1) is 0 Å². The van der Waals surface area contributed by atoms with E-state index >= 15 is 0 Å². The summed E-state index contributed by atoms with van der Waals surface area (Å²) < 4.78 is 0. The predicted octanol–water partition coefficient (Wildman–Crippen LogP) is 4.18. The number of carbonyl (C=O) groups is 1. The van der Waals surface area contributed by atoms with Crippen LogP contribution in [0.5, 0.6) is 0 Å². The van der Waals surface area contributed by atoms with E-state index < -0.39 is 0 Å². The molecule has 128 valence electrons. The van der Waals surface area contributed by atoms with Crippen LogP contribution in [0.2, 0.25) is 5.02 Å². The summed E-state index contributed by atoms with van der Waals surface area (Å²) in [5, 5.41) is 4.78. The maximum Gasteiger partial charge on any atom is 0.322 e. The highest BCUT2D eigenvalue weighted by Crippen LogP contribution is 2.26. The van der Waals surface area contributed by atoms with Crippen molar-refractivity contribution in [3.8, 4) is 0 Å². The van der Waals surface area contributed by atoms with E-state index in [2.05, 4.69) is 15.2 Å². The summed E-state index contributed by atoms with van der Waals surface area (Å²) in [6.45, 7) is 2.87. The second kappa shape index (κ2) is 6.69. The number of para-hydroxylation sites is 2. The maximum atomic E-state index is 12.6. The van der Waals surface area contributed by atoms with Gasteiger partial charge in [0, 0.05) is 43.3 Å². The Morgan fingerprint density at radius 1 is 1.00 bits per heavy atom. The summed E-state index contributed by atoms with van der Waals surface area (Å²) in [5.74, 6) is 0. The topological polar surface area (TPSA) is 51.4 Å². The Labute approximate surface area is 151 Å². The van der Waals surface area contributed by atoms with Gasteiger partial charge in [0.05, 0.1) is 16.4 Å².